The molecule has 0 aliphatic carbocycles. The third kappa shape index (κ3) is 9.37. The van der Waals surface area contributed by atoms with Gasteiger partial charge in [-0.1, -0.05) is 71.7 Å². The van der Waals surface area contributed by atoms with Crippen molar-refractivity contribution >= 4 is 50.7 Å². The molecule has 11 heteroatoms. The first-order valence-corrected chi connectivity index (χ1v) is 16.4. The fourth-order valence-electron chi connectivity index (χ4n) is 4.60. The van der Waals surface area contributed by atoms with Crippen LogP contribution in [0.4, 0.5) is 5.69 Å². The van der Waals surface area contributed by atoms with E-state index in [1.807, 2.05) is 44.2 Å². The smallest absolute Gasteiger partial charge is 0.243 e. The highest BCUT2D eigenvalue weighted by Crippen LogP contribution is 2.30. The number of amides is 2. The van der Waals surface area contributed by atoms with Crippen LogP contribution in [-0.2, 0) is 32.6 Å². The van der Waals surface area contributed by atoms with Crippen LogP contribution >= 0.6 is 23.2 Å². The van der Waals surface area contributed by atoms with Gasteiger partial charge in [-0.25, -0.2) is 8.42 Å². The predicted molar refractivity (Wildman–Crippen MR) is 169 cm³/mol. The standard InChI is InChI=1S/C31H37Cl2N3O5S/c1-4-34-31(38)28(21-23-12-7-6-8-13-23)35(22-24-17-18-25(32)26(33)20-24)30(37)16-11-19-36(42(3,39)40)27-14-9-10-15-29(27)41-5-2/h6-10,12-15,17-18,20,28H,4-5,11,16,19,21-22H2,1-3H3,(H,34,38)/t28-/m0/s1. The van der Waals surface area contributed by atoms with Crippen molar-refractivity contribution in [3.05, 3.63) is 94.0 Å². The summed E-state index contributed by atoms with van der Waals surface area (Å²) < 4.78 is 32.4. The van der Waals surface area contributed by atoms with Gasteiger partial charge in [-0.3, -0.25) is 13.9 Å². The van der Waals surface area contributed by atoms with E-state index in [1.54, 1.807) is 42.5 Å². The molecule has 42 heavy (non-hydrogen) atoms. The van der Waals surface area contributed by atoms with Gasteiger partial charge in [0.1, 0.15) is 11.8 Å². The number of sulfonamides is 1. The number of ether oxygens (including phenoxy) is 1. The van der Waals surface area contributed by atoms with E-state index in [2.05, 4.69) is 5.32 Å². The molecule has 3 aromatic carbocycles. The zero-order valence-electron chi connectivity index (χ0n) is 24.1. The average Bonchev–Trinajstić information content (AvgIpc) is 2.95. The zero-order chi connectivity index (χ0) is 30.7. The molecule has 1 N–H and O–H groups in total. The summed E-state index contributed by atoms with van der Waals surface area (Å²) in [5.74, 6) is -0.130. The molecule has 0 heterocycles. The second kappa shape index (κ2) is 15.8. The first-order chi connectivity index (χ1) is 20.0. The first-order valence-electron chi connectivity index (χ1n) is 13.8. The number of carbonyl (C=O) groups is 2. The van der Waals surface area contributed by atoms with Crippen LogP contribution in [0.1, 0.15) is 37.8 Å². The molecule has 3 aromatic rings. The molecule has 0 aliphatic rings. The Morgan fingerprint density at radius 2 is 1.62 bits per heavy atom. The van der Waals surface area contributed by atoms with Crippen LogP contribution in [0, 0.1) is 0 Å². The highest BCUT2D eigenvalue weighted by molar-refractivity contribution is 7.92. The number of nitrogens with one attached hydrogen (secondary N) is 1. The van der Waals surface area contributed by atoms with E-state index in [0.29, 0.717) is 46.6 Å². The zero-order valence-corrected chi connectivity index (χ0v) is 26.4. The third-order valence-corrected chi connectivity index (χ3v) is 8.46. The Morgan fingerprint density at radius 3 is 2.26 bits per heavy atom. The Balaban J connectivity index is 1.90. The molecule has 8 nitrogen and oxygen atoms in total. The van der Waals surface area contributed by atoms with Crippen LogP contribution in [0.25, 0.3) is 0 Å². The SMILES string of the molecule is CCNC(=O)[C@H](Cc1ccccc1)N(Cc1ccc(Cl)c(Cl)c1)C(=O)CCCN(c1ccccc1OCC)S(C)(=O)=O. The molecule has 0 aliphatic heterocycles. The fraction of sp³-hybridized carbons (Fsp3) is 0.355. The molecule has 0 radical (unpaired) electrons. The van der Waals surface area contributed by atoms with Crippen LogP contribution in [0.5, 0.6) is 5.75 Å². The summed E-state index contributed by atoms with van der Waals surface area (Å²) in [4.78, 5) is 28.8. The number of anilines is 1. The largest absolute Gasteiger partial charge is 0.492 e. The van der Waals surface area contributed by atoms with Crippen molar-refractivity contribution in [2.24, 2.45) is 0 Å². The summed E-state index contributed by atoms with van der Waals surface area (Å²) in [6, 6.07) is 20.7. The number of halogens is 2. The maximum atomic E-state index is 13.9. The minimum Gasteiger partial charge on any atom is -0.492 e. The number of hydrogen-bond donors (Lipinski definition) is 1. The van der Waals surface area contributed by atoms with E-state index >= 15 is 0 Å². The van der Waals surface area contributed by atoms with Gasteiger partial charge in [0.2, 0.25) is 21.8 Å². The minimum atomic E-state index is -3.68. The van der Waals surface area contributed by atoms with E-state index in [0.717, 1.165) is 11.8 Å². The van der Waals surface area contributed by atoms with Crippen molar-refractivity contribution < 1.29 is 22.7 Å². The lowest BCUT2D eigenvalue weighted by molar-refractivity contribution is -0.141. The molecular weight excluding hydrogens is 597 g/mol. The molecule has 0 spiro atoms. The van der Waals surface area contributed by atoms with Crippen molar-refractivity contribution in [1.29, 1.82) is 0 Å². The highest BCUT2D eigenvalue weighted by atomic mass is 35.5. The lowest BCUT2D eigenvalue weighted by atomic mass is 10.0. The second-order valence-electron chi connectivity index (χ2n) is 9.71. The number of hydrogen-bond acceptors (Lipinski definition) is 5. The van der Waals surface area contributed by atoms with Gasteiger partial charge in [0.25, 0.3) is 0 Å². The van der Waals surface area contributed by atoms with Gasteiger partial charge in [-0.15, -0.1) is 0 Å². The number of benzene rings is 3. The molecule has 0 unspecified atom stereocenters. The van der Waals surface area contributed by atoms with Crippen LogP contribution in [0.2, 0.25) is 10.0 Å². The van der Waals surface area contributed by atoms with Gasteiger partial charge >= 0.3 is 0 Å². The number of rotatable bonds is 15. The molecule has 0 saturated carbocycles. The van der Waals surface area contributed by atoms with E-state index < -0.39 is 16.1 Å². The summed E-state index contributed by atoms with van der Waals surface area (Å²) in [5.41, 5.74) is 2.02. The van der Waals surface area contributed by atoms with Crippen LogP contribution < -0.4 is 14.4 Å². The van der Waals surface area contributed by atoms with Crippen LogP contribution in [-0.4, -0.2) is 57.1 Å². The molecule has 226 valence electrons. The van der Waals surface area contributed by atoms with Gasteiger partial charge in [0.05, 0.1) is 28.6 Å². The summed E-state index contributed by atoms with van der Waals surface area (Å²) in [5, 5.41) is 3.59. The molecule has 0 aromatic heterocycles. The quantitative estimate of drug-likeness (QED) is 0.231. The first kappa shape index (κ1) is 33.2. The number of carbonyl (C=O) groups excluding carboxylic acids is 2. The summed E-state index contributed by atoms with van der Waals surface area (Å²) in [7, 11) is -3.68. The molecule has 3 rings (SSSR count). The Kier molecular flexibility index (Phi) is 12.5. The van der Waals surface area contributed by atoms with Gasteiger partial charge in [-0.05, 0) is 55.7 Å². The average molecular weight is 635 g/mol. The molecule has 2 amide bonds. The Morgan fingerprint density at radius 1 is 0.929 bits per heavy atom. The van der Waals surface area contributed by atoms with E-state index in [9.17, 15) is 18.0 Å². The van der Waals surface area contributed by atoms with Gasteiger partial charge in [0, 0.05) is 32.5 Å². The van der Waals surface area contributed by atoms with E-state index in [-0.39, 0.29) is 37.7 Å². The Hall–Kier alpha value is -3.27. The lowest BCUT2D eigenvalue weighted by Gasteiger charge is -2.32. The number of likely N-dealkylation sites (N-methyl/N-ethyl adjacent to an activating group) is 1. The Labute approximate surface area is 258 Å². The molecule has 0 fully saturated rings. The third-order valence-electron chi connectivity index (χ3n) is 6.54. The van der Waals surface area contributed by atoms with Crippen molar-refractivity contribution in [2.45, 2.75) is 45.7 Å². The van der Waals surface area contributed by atoms with Gasteiger partial charge in [-0.2, -0.15) is 0 Å². The minimum absolute atomic E-state index is 0.00877. The second-order valence-corrected chi connectivity index (χ2v) is 12.4. The predicted octanol–water partition coefficient (Wildman–Crippen LogP) is 5.71. The van der Waals surface area contributed by atoms with E-state index in [1.165, 1.54) is 9.21 Å². The van der Waals surface area contributed by atoms with E-state index in [4.69, 9.17) is 27.9 Å². The normalized spacial score (nSPS) is 11.9. The molecule has 1 atom stereocenters. The Bertz CT molecular complexity index is 1450. The van der Waals surface area contributed by atoms with Gasteiger partial charge < -0.3 is 15.0 Å². The molecule has 0 saturated heterocycles. The van der Waals surface area contributed by atoms with Crippen molar-refractivity contribution in [2.75, 3.05) is 30.3 Å². The molecule has 0 bridgehead atoms. The number of nitrogens with zero attached hydrogens (tertiary/aromatic N) is 2. The molecular formula is C31H37Cl2N3O5S. The lowest BCUT2D eigenvalue weighted by Crippen LogP contribution is -2.50. The topological polar surface area (TPSA) is 96.0 Å². The summed E-state index contributed by atoms with van der Waals surface area (Å²) in [6.45, 7) is 4.60. The van der Waals surface area contributed by atoms with Crippen molar-refractivity contribution in [3.63, 3.8) is 0 Å². The van der Waals surface area contributed by atoms with Gasteiger partial charge in [0.15, 0.2) is 0 Å². The van der Waals surface area contributed by atoms with Crippen LogP contribution in [0.3, 0.4) is 0 Å². The van der Waals surface area contributed by atoms with Crippen LogP contribution in [0.15, 0.2) is 72.8 Å². The highest BCUT2D eigenvalue weighted by Gasteiger charge is 2.30. The number of para-hydroxylation sites is 2. The summed E-state index contributed by atoms with van der Waals surface area (Å²) in [6.07, 6.45) is 1.66. The fourth-order valence-corrected chi connectivity index (χ4v) is 5.89. The maximum Gasteiger partial charge on any atom is 0.243 e. The van der Waals surface area contributed by atoms with Crippen molar-refractivity contribution in [3.8, 4) is 5.75 Å². The summed E-state index contributed by atoms with van der Waals surface area (Å²) >= 11 is 12.4. The maximum absolute atomic E-state index is 13.9. The van der Waals surface area contributed by atoms with Crippen molar-refractivity contribution in [1.82, 2.24) is 10.2 Å². The monoisotopic (exact) mass is 633 g/mol.